The summed E-state index contributed by atoms with van der Waals surface area (Å²) in [5, 5.41) is 0.943. The Morgan fingerprint density at radius 2 is 1.62 bits per heavy atom. The summed E-state index contributed by atoms with van der Waals surface area (Å²) in [5.41, 5.74) is 6.16. The van der Waals surface area contributed by atoms with Gasteiger partial charge in [0.1, 0.15) is 5.69 Å². The summed E-state index contributed by atoms with van der Waals surface area (Å²) in [4.78, 5) is 29.3. The van der Waals surface area contributed by atoms with Crippen LogP contribution in [-0.4, -0.2) is 23.3 Å². The Labute approximate surface area is 167 Å². The zero-order valence-corrected chi connectivity index (χ0v) is 15.6. The van der Waals surface area contributed by atoms with Crippen molar-refractivity contribution in [2.45, 2.75) is 6.42 Å². The zero-order chi connectivity index (χ0) is 19.8. The minimum absolute atomic E-state index is 0.194. The number of carbonyl (C=O) groups excluding carboxylic acids is 2. The zero-order valence-electron chi connectivity index (χ0n) is 15.6. The van der Waals surface area contributed by atoms with E-state index in [1.165, 1.54) is 11.1 Å². The van der Waals surface area contributed by atoms with Crippen LogP contribution >= 0.6 is 0 Å². The highest BCUT2D eigenvalue weighted by Gasteiger charge is 2.20. The highest BCUT2D eigenvalue weighted by atomic mass is 16.5. The molecule has 0 N–H and O–H groups in total. The van der Waals surface area contributed by atoms with Crippen LogP contribution in [0.15, 0.2) is 78.9 Å². The van der Waals surface area contributed by atoms with Gasteiger partial charge in [0.15, 0.2) is 12.4 Å². The molecule has 0 saturated carbocycles. The first kappa shape index (κ1) is 17.3. The first-order valence-electron chi connectivity index (χ1n) is 9.46. The van der Waals surface area contributed by atoms with Crippen molar-refractivity contribution in [3.63, 3.8) is 0 Å². The molecule has 140 valence electrons. The number of benzene rings is 3. The number of ketones is 1. The van der Waals surface area contributed by atoms with Crippen LogP contribution in [0.2, 0.25) is 0 Å². The van der Waals surface area contributed by atoms with Gasteiger partial charge in [0.05, 0.1) is 5.52 Å². The van der Waals surface area contributed by atoms with Gasteiger partial charge in [-0.05, 0) is 46.9 Å². The standard InChI is InChI=1S/C25H17NO3/c27-24(15-29-25(28)23-12-11-16-5-2-4-8-22(16)26-23)19-10-9-18-13-17-6-1-3-7-20(17)21(18)14-19/h1-12,14H,13,15H2. The number of rotatable bonds is 4. The molecule has 4 nitrogen and oxygen atoms in total. The van der Waals surface area contributed by atoms with Crippen molar-refractivity contribution in [3.05, 3.63) is 101 Å². The number of aromatic nitrogens is 1. The molecule has 4 aromatic rings. The Hall–Kier alpha value is -3.79. The van der Waals surface area contributed by atoms with Crippen molar-refractivity contribution < 1.29 is 14.3 Å². The normalized spacial score (nSPS) is 11.7. The van der Waals surface area contributed by atoms with Crippen LogP contribution in [0.1, 0.15) is 32.0 Å². The third-order valence-electron chi connectivity index (χ3n) is 5.26. The van der Waals surface area contributed by atoms with Gasteiger partial charge in [-0.15, -0.1) is 0 Å². The lowest BCUT2D eigenvalue weighted by molar-refractivity contribution is 0.0469. The number of carbonyl (C=O) groups is 2. The van der Waals surface area contributed by atoms with Gasteiger partial charge in [0, 0.05) is 10.9 Å². The minimum Gasteiger partial charge on any atom is -0.453 e. The summed E-state index contributed by atoms with van der Waals surface area (Å²) >= 11 is 0. The van der Waals surface area contributed by atoms with Gasteiger partial charge in [-0.3, -0.25) is 4.79 Å². The van der Waals surface area contributed by atoms with E-state index in [9.17, 15) is 9.59 Å². The highest BCUT2D eigenvalue weighted by Crippen LogP contribution is 2.36. The molecular weight excluding hydrogens is 362 g/mol. The lowest BCUT2D eigenvalue weighted by atomic mass is 10.0. The third-order valence-corrected chi connectivity index (χ3v) is 5.26. The smallest absolute Gasteiger partial charge is 0.357 e. The molecule has 1 aliphatic carbocycles. The van der Waals surface area contributed by atoms with Crippen LogP contribution in [0.5, 0.6) is 0 Å². The summed E-state index contributed by atoms with van der Waals surface area (Å²) in [7, 11) is 0. The topological polar surface area (TPSA) is 56.3 Å². The second kappa shape index (κ2) is 6.99. The maximum atomic E-state index is 12.6. The average molecular weight is 379 g/mol. The van der Waals surface area contributed by atoms with Crippen LogP contribution in [-0.2, 0) is 11.2 Å². The number of fused-ring (bicyclic) bond motifs is 4. The van der Waals surface area contributed by atoms with E-state index in [1.54, 1.807) is 12.1 Å². The van der Waals surface area contributed by atoms with E-state index in [0.717, 1.165) is 22.9 Å². The molecule has 3 aromatic carbocycles. The van der Waals surface area contributed by atoms with E-state index >= 15 is 0 Å². The van der Waals surface area contributed by atoms with E-state index in [0.29, 0.717) is 11.1 Å². The van der Waals surface area contributed by atoms with E-state index in [4.69, 9.17) is 4.74 Å². The molecule has 0 fully saturated rings. The van der Waals surface area contributed by atoms with Crippen molar-refractivity contribution in [2.75, 3.05) is 6.61 Å². The molecule has 0 atom stereocenters. The molecule has 0 aliphatic heterocycles. The fourth-order valence-corrected chi connectivity index (χ4v) is 3.77. The Balaban J connectivity index is 1.32. The van der Waals surface area contributed by atoms with Gasteiger partial charge in [0.25, 0.3) is 0 Å². The number of hydrogen-bond acceptors (Lipinski definition) is 4. The van der Waals surface area contributed by atoms with Crippen molar-refractivity contribution >= 4 is 22.7 Å². The predicted octanol–water partition coefficient (Wildman–Crippen LogP) is 4.85. The van der Waals surface area contributed by atoms with Gasteiger partial charge < -0.3 is 4.74 Å². The summed E-state index contributed by atoms with van der Waals surface area (Å²) < 4.78 is 5.23. The average Bonchev–Trinajstić information content (AvgIpc) is 3.14. The Bertz CT molecular complexity index is 1280. The first-order chi connectivity index (χ1) is 14.2. The van der Waals surface area contributed by atoms with Crippen LogP contribution in [0.3, 0.4) is 0 Å². The molecule has 0 saturated heterocycles. The first-order valence-corrected chi connectivity index (χ1v) is 9.46. The molecule has 1 heterocycles. The van der Waals surface area contributed by atoms with Crippen molar-refractivity contribution in [2.24, 2.45) is 0 Å². The molecule has 1 aliphatic rings. The van der Waals surface area contributed by atoms with Gasteiger partial charge in [-0.25, -0.2) is 9.78 Å². The number of esters is 1. The second-order valence-electron chi connectivity index (χ2n) is 7.09. The number of ether oxygens (including phenoxy) is 1. The van der Waals surface area contributed by atoms with Gasteiger partial charge in [-0.2, -0.15) is 0 Å². The second-order valence-corrected chi connectivity index (χ2v) is 7.09. The van der Waals surface area contributed by atoms with E-state index < -0.39 is 5.97 Å². The number of para-hydroxylation sites is 1. The summed E-state index contributed by atoms with van der Waals surface area (Å²) in [6, 6.07) is 24.8. The molecule has 0 unspecified atom stereocenters. The van der Waals surface area contributed by atoms with E-state index in [-0.39, 0.29) is 18.1 Å². The van der Waals surface area contributed by atoms with Crippen molar-refractivity contribution in [3.8, 4) is 11.1 Å². The van der Waals surface area contributed by atoms with Crippen LogP contribution in [0.4, 0.5) is 0 Å². The Morgan fingerprint density at radius 3 is 2.55 bits per heavy atom. The largest absolute Gasteiger partial charge is 0.453 e. The quantitative estimate of drug-likeness (QED) is 0.331. The van der Waals surface area contributed by atoms with Gasteiger partial charge in [0.2, 0.25) is 0 Å². The van der Waals surface area contributed by atoms with E-state index in [1.807, 2.05) is 54.6 Å². The molecule has 5 rings (SSSR count). The van der Waals surface area contributed by atoms with Crippen LogP contribution in [0, 0.1) is 0 Å². The van der Waals surface area contributed by atoms with Crippen molar-refractivity contribution in [1.82, 2.24) is 4.98 Å². The number of hydrogen-bond donors (Lipinski definition) is 0. The number of nitrogens with zero attached hydrogens (tertiary/aromatic N) is 1. The molecule has 0 bridgehead atoms. The molecule has 4 heteroatoms. The minimum atomic E-state index is -0.601. The molecule has 1 aromatic heterocycles. The SMILES string of the molecule is O=C(COC(=O)c1ccc2ccccc2n1)c1ccc2c(c1)-c1ccccc1C2. The predicted molar refractivity (Wildman–Crippen MR) is 111 cm³/mol. The summed E-state index contributed by atoms with van der Waals surface area (Å²) in [6.45, 7) is -0.312. The van der Waals surface area contributed by atoms with Crippen LogP contribution < -0.4 is 0 Å². The summed E-state index contributed by atoms with van der Waals surface area (Å²) in [6.07, 6.45) is 0.878. The molecule has 0 spiro atoms. The van der Waals surface area contributed by atoms with Gasteiger partial charge in [-0.1, -0.05) is 60.7 Å². The molecular formula is C25H17NO3. The molecule has 0 radical (unpaired) electrons. The fraction of sp³-hybridized carbons (Fsp3) is 0.0800. The number of pyridine rings is 1. The maximum absolute atomic E-state index is 12.6. The van der Waals surface area contributed by atoms with Crippen LogP contribution in [0.25, 0.3) is 22.0 Å². The maximum Gasteiger partial charge on any atom is 0.357 e. The summed E-state index contributed by atoms with van der Waals surface area (Å²) in [5.74, 6) is -0.832. The monoisotopic (exact) mass is 379 g/mol. The lowest BCUT2D eigenvalue weighted by Gasteiger charge is -2.07. The Kier molecular flexibility index (Phi) is 4.17. The highest BCUT2D eigenvalue weighted by molar-refractivity contribution is 6.00. The van der Waals surface area contributed by atoms with Gasteiger partial charge >= 0.3 is 5.97 Å². The molecule has 29 heavy (non-hydrogen) atoms. The third kappa shape index (κ3) is 3.19. The number of Topliss-reactive ketones (excluding diaryl/α,β-unsaturated/α-hetero) is 1. The lowest BCUT2D eigenvalue weighted by Crippen LogP contribution is -2.15. The van der Waals surface area contributed by atoms with Crippen molar-refractivity contribution in [1.29, 1.82) is 0 Å². The fourth-order valence-electron chi connectivity index (χ4n) is 3.77. The Morgan fingerprint density at radius 1 is 0.828 bits per heavy atom. The van der Waals surface area contributed by atoms with E-state index in [2.05, 4.69) is 17.1 Å². The molecule has 0 amide bonds.